The number of phenols is 2. The Morgan fingerprint density at radius 2 is 0.963 bits per heavy atom. The van der Waals surface area contributed by atoms with Crippen LogP contribution in [0.2, 0.25) is 0 Å². The molecular formula is C25H36O2. The highest BCUT2D eigenvalue weighted by atomic mass is 16.3. The fourth-order valence-electron chi connectivity index (χ4n) is 3.64. The maximum atomic E-state index is 10.8. The van der Waals surface area contributed by atoms with E-state index in [1.807, 2.05) is 0 Å². The summed E-state index contributed by atoms with van der Waals surface area (Å²) < 4.78 is 0. The lowest BCUT2D eigenvalue weighted by Crippen LogP contribution is -2.01. The summed E-state index contributed by atoms with van der Waals surface area (Å²) in [5, 5.41) is 21.7. The number of aryl methyl sites for hydroxylation is 2. The molecule has 0 aromatic heterocycles. The van der Waals surface area contributed by atoms with Crippen LogP contribution in [0.1, 0.15) is 99.6 Å². The molecule has 0 atom stereocenters. The molecule has 2 rings (SSSR count). The van der Waals surface area contributed by atoms with Crippen LogP contribution < -0.4 is 0 Å². The van der Waals surface area contributed by atoms with Gasteiger partial charge in [0.25, 0.3) is 0 Å². The van der Waals surface area contributed by atoms with Crippen LogP contribution in [0.15, 0.2) is 24.3 Å². The Morgan fingerprint density at radius 3 is 1.26 bits per heavy atom. The normalized spacial score (nSPS) is 11.6. The van der Waals surface area contributed by atoms with E-state index in [9.17, 15) is 10.2 Å². The van der Waals surface area contributed by atoms with Crippen LogP contribution in [-0.4, -0.2) is 10.2 Å². The summed E-state index contributed by atoms with van der Waals surface area (Å²) in [5.74, 6) is 1.61. The van der Waals surface area contributed by atoms with Crippen molar-refractivity contribution in [1.82, 2.24) is 0 Å². The first kappa shape index (κ1) is 21.3. The fourth-order valence-corrected chi connectivity index (χ4v) is 3.64. The van der Waals surface area contributed by atoms with Gasteiger partial charge in [0, 0.05) is 6.42 Å². The zero-order chi connectivity index (χ0) is 20.1. The highest BCUT2D eigenvalue weighted by molar-refractivity contribution is 5.51. The van der Waals surface area contributed by atoms with Crippen LogP contribution in [0.4, 0.5) is 0 Å². The minimum Gasteiger partial charge on any atom is -0.507 e. The molecule has 0 amide bonds. The van der Waals surface area contributed by atoms with Gasteiger partial charge in [-0.2, -0.15) is 0 Å². The number of hydrogen-bond donors (Lipinski definition) is 2. The third-order valence-electron chi connectivity index (χ3n) is 5.33. The average Bonchev–Trinajstić information content (AvgIpc) is 2.61. The predicted octanol–water partition coefficient (Wildman–Crippen LogP) is 6.84. The molecule has 0 aliphatic heterocycles. The van der Waals surface area contributed by atoms with Crippen LogP contribution in [0.25, 0.3) is 0 Å². The van der Waals surface area contributed by atoms with Crippen LogP contribution in [0.3, 0.4) is 0 Å². The Bertz CT molecular complexity index is 707. The maximum Gasteiger partial charge on any atom is 0.122 e. The molecule has 0 saturated carbocycles. The summed E-state index contributed by atoms with van der Waals surface area (Å²) in [6.45, 7) is 13.0. The van der Waals surface area contributed by atoms with Crippen LogP contribution in [0.5, 0.6) is 11.5 Å². The molecule has 2 heteroatoms. The van der Waals surface area contributed by atoms with Gasteiger partial charge in [-0.1, -0.05) is 78.6 Å². The van der Waals surface area contributed by atoms with Crippen LogP contribution >= 0.6 is 0 Å². The molecule has 2 aromatic carbocycles. The van der Waals surface area contributed by atoms with Gasteiger partial charge in [0.2, 0.25) is 0 Å². The second-order valence-corrected chi connectivity index (χ2v) is 8.36. The number of hydrogen-bond acceptors (Lipinski definition) is 2. The van der Waals surface area contributed by atoms with E-state index in [0.717, 1.165) is 47.9 Å². The Hall–Kier alpha value is -1.96. The summed E-state index contributed by atoms with van der Waals surface area (Å²) >= 11 is 0. The van der Waals surface area contributed by atoms with E-state index in [1.54, 1.807) is 0 Å². The highest BCUT2D eigenvalue weighted by Crippen LogP contribution is 2.35. The molecule has 148 valence electrons. The molecule has 0 fully saturated rings. The molecule has 2 aromatic rings. The molecule has 2 N–H and O–H groups in total. The van der Waals surface area contributed by atoms with Crippen LogP contribution in [-0.2, 0) is 19.3 Å². The average molecular weight is 369 g/mol. The molecule has 0 bridgehead atoms. The lowest BCUT2D eigenvalue weighted by molar-refractivity contribution is 0.454. The third kappa shape index (κ3) is 5.06. The van der Waals surface area contributed by atoms with E-state index >= 15 is 0 Å². The second kappa shape index (κ2) is 9.30. The van der Waals surface area contributed by atoms with Gasteiger partial charge in [-0.15, -0.1) is 0 Å². The first-order valence-corrected chi connectivity index (χ1v) is 10.5. The van der Waals surface area contributed by atoms with Crippen molar-refractivity contribution in [3.8, 4) is 11.5 Å². The van der Waals surface area contributed by atoms with Crippen LogP contribution in [0, 0.1) is 0 Å². The standard InChI is InChI=1S/C25H36O2/c1-7-9-18-11-20(16(3)4)13-22(24(18)26)15-23-14-21(17(5)6)12-19(10-8-2)25(23)27/h11-14,16-17,26-27H,7-10,15H2,1-6H3. The number of aromatic hydroxyl groups is 2. The maximum absolute atomic E-state index is 10.8. The Kier molecular flexibility index (Phi) is 7.35. The molecule has 2 nitrogen and oxygen atoms in total. The molecule has 0 saturated heterocycles. The van der Waals surface area contributed by atoms with Crippen molar-refractivity contribution in [1.29, 1.82) is 0 Å². The van der Waals surface area contributed by atoms with Gasteiger partial charge in [-0.3, -0.25) is 0 Å². The molecule has 27 heavy (non-hydrogen) atoms. The van der Waals surface area contributed by atoms with Crippen molar-refractivity contribution in [2.75, 3.05) is 0 Å². The molecule has 0 unspecified atom stereocenters. The predicted molar refractivity (Wildman–Crippen MR) is 115 cm³/mol. The summed E-state index contributed by atoms with van der Waals surface area (Å²) in [5.41, 5.74) is 6.38. The minimum atomic E-state index is 0.396. The Morgan fingerprint density at radius 1 is 0.630 bits per heavy atom. The van der Waals surface area contributed by atoms with Gasteiger partial charge in [0.1, 0.15) is 11.5 Å². The van der Waals surface area contributed by atoms with Crippen molar-refractivity contribution >= 4 is 0 Å². The summed E-state index contributed by atoms with van der Waals surface area (Å²) in [4.78, 5) is 0. The minimum absolute atomic E-state index is 0.396. The molecule has 0 heterocycles. The summed E-state index contributed by atoms with van der Waals surface area (Å²) in [6, 6.07) is 8.50. The second-order valence-electron chi connectivity index (χ2n) is 8.36. The smallest absolute Gasteiger partial charge is 0.122 e. The van der Waals surface area contributed by atoms with E-state index in [4.69, 9.17) is 0 Å². The third-order valence-corrected chi connectivity index (χ3v) is 5.33. The quantitative estimate of drug-likeness (QED) is 0.535. The molecule has 0 spiro atoms. The lowest BCUT2D eigenvalue weighted by atomic mass is 9.89. The van der Waals surface area contributed by atoms with E-state index in [2.05, 4.69) is 65.8 Å². The van der Waals surface area contributed by atoms with Gasteiger partial charge >= 0.3 is 0 Å². The molecule has 0 aliphatic carbocycles. The highest BCUT2D eigenvalue weighted by Gasteiger charge is 2.16. The first-order valence-electron chi connectivity index (χ1n) is 10.5. The monoisotopic (exact) mass is 368 g/mol. The SMILES string of the molecule is CCCc1cc(C(C)C)cc(Cc2cc(C(C)C)cc(CCC)c2O)c1O. The summed E-state index contributed by atoms with van der Waals surface area (Å²) in [7, 11) is 0. The fraction of sp³-hybridized carbons (Fsp3) is 0.520. The van der Waals surface area contributed by atoms with E-state index in [0.29, 0.717) is 29.8 Å². The van der Waals surface area contributed by atoms with Gasteiger partial charge in [-0.05, 0) is 58.1 Å². The Balaban J connectivity index is 2.55. The molecule has 0 radical (unpaired) electrons. The van der Waals surface area contributed by atoms with E-state index in [-0.39, 0.29) is 0 Å². The van der Waals surface area contributed by atoms with Gasteiger partial charge < -0.3 is 10.2 Å². The van der Waals surface area contributed by atoms with Gasteiger partial charge in [0.05, 0.1) is 0 Å². The van der Waals surface area contributed by atoms with E-state index < -0.39 is 0 Å². The van der Waals surface area contributed by atoms with Crippen molar-refractivity contribution in [3.05, 3.63) is 57.6 Å². The zero-order valence-corrected chi connectivity index (χ0v) is 17.9. The topological polar surface area (TPSA) is 40.5 Å². The number of phenolic OH excluding ortho intramolecular Hbond substituents is 2. The summed E-state index contributed by atoms with van der Waals surface area (Å²) in [6.07, 6.45) is 4.32. The van der Waals surface area contributed by atoms with Crippen molar-refractivity contribution < 1.29 is 10.2 Å². The van der Waals surface area contributed by atoms with E-state index in [1.165, 1.54) is 11.1 Å². The zero-order valence-electron chi connectivity index (χ0n) is 17.9. The number of rotatable bonds is 8. The molecular weight excluding hydrogens is 332 g/mol. The molecule has 0 aliphatic rings. The lowest BCUT2D eigenvalue weighted by Gasteiger charge is -2.18. The Labute approximate surface area is 165 Å². The number of benzene rings is 2. The van der Waals surface area contributed by atoms with Crippen molar-refractivity contribution in [2.45, 2.75) is 85.5 Å². The first-order chi connectivity index (χ1) is 12.8. The van der Waals surface area contributed by atoms with Gasteiger partial charge in [0.15, 0.2) is 0 Å². The van der Waals surface area contributed by atoms with Gasteiger partial charge in [-0.25, -0.2) is 0 Å². The van der Waals surface area contributed by atoms with Crippen molar-refractivity contribution in [3.63, 3.8) is 0 Å². The largest absolute Gasteiger partial charge is 0.507 e. The van der Waals surface area contributed by atoms with Crippen molar-refractivity contribution in [2.24, 2.45) is 0 Å².